The minimum atomic E-state index is -0.0323. The van der Waals surface area contributed by atoms with Gasteiger partial charge in [-0.1, -0.05) is 32.1 Å². The molecule has 0 radical (unpaired) electrons. The molecule has 144 valence electrons. The zero-order valence-electron chi connectivity index (χ0n) is 16.9. The number of amides is 1. The van der Waals surface area contributed by atoms with Crippen LogP contribution in [0, 0.1) is 20.8 Å². The monoisotopic (exact) mass is 385 g/mol. The lowest BCUT2D eigenvalue weighted by atomic mass is 9.95. The third-order valence-electron chi connectivity index (χ3n) is 4.91. The molecule has 0 saturated heterocycles. The number of nitrogens with one attached hydrogen (secondary N) is 1. The van der Waals surface area contributed by atoms with E-state index in [9.17, 15) is 4.79 Å². The molecule has 3 aromatic heterocycles. The quantitative estimate of drug-likeness (QED) is 0.646. The summed E-state index contributed by atoms with van der Waals surface area (Å²) in [7, 11) is 0. The summed E-state index contributed by atoms with van der Waals surface area (Å²) < 4.78 is 1.96. The Hall–Kier alpha value is -2.28. The largest absolute Gasteiger partial charge is 0.302 e. The molecule has 0 unspecified atom stereocenters. The van der Waals surface area contributed by atoms with Crippen molar-refractivity contribution in [3.63, 3.8) is 0 Å². The van der Waals surface area contributed by atoms with E-state index in [1.54, 1.807) is 0 Å². The average Bonchev–Trinajstić information content (AvgIpc) is 3.14. The number of carbonyl (C=O) groups is 1. The Bertz CT molecular complexity index is 984. The third kappa shape index (κ3) is 3.60. The number of anilines is 1. The van der Waals surface area contributed by atoms with Crippen LogP contribution < -0.4 is 5.32 Å². The lowest BCUT2D eigenvalue weighted by molar-refractivity contribution is -0.115. The van der Waals surface area contributed by atoms with Crippen molar-refractivity contribution >= 4 is 28.0 Å². The highest BCUT2D eigenvalue weighted by molar-refractivity contribution is 7.19. The first-order valence-corrected chi connectivity index (χ1v) is 10.4. The van der Waals surface area contributed by atoms with Gasteiger partial charge in [-0.2, -0.15) is 5.10 Å². The molecule has 3 heterocycles. The molecule has 0 aromatic carbocycles. The molecule has 27 heavy (non-hydrogen) atoms. The van der Waals surface area contributed by atoms with Gasteiger partial charge in [0, 0.05) is 12.0 Å². The van der Waals surface area contributed by atoms with Crippen molar-refractivity contribution in [3.05, 3.63) is 28.7 Å². The Kier molecular flexibility index (Phi) is 5.60. The molecule has 0 aliphatic heterocycles. The third-order valence-corrected chi connectivity index (χ3v) is 5.99. The van der Waals surface area contributed by atoms with Crippen LogP contribution in [0.3, 0.4) is 0 Å². The number of rotatable bonds is 6. The van der Waals surface area contributed by atoms with Crippen LogP contribution in [0.5, 0.6) is 0 Å². The minimum Gasteiger partial charge on any atom is -0.302 e. The number of aromatic nitrogens is 4. The summed E-state index contributed by atoms with van der Waals surface area (Å²) in [4.78, 5) is 22.1. The Balaban J connectivity index is 2.19. The molecule has 0 atom stereocenters. The van der Waals surface area contributed by atoms with Gasteiger partial charge in [0.2, 0.25) is 5.91 Å². The van der Waals surface area contributed by atoms with Crippen molar-refractivity contribution in [2.75, 3.05) is 5.32 Å². The van der Waals surface area contributed by atoms with Crippen molar-refractivity contribution in [3.8, 4) is 10.6 Å². The molecule has 6 nitrogen and oxygen atoms in total. The van der Waals surface area contributed by atoms with Crippen LogP contribution in [0.15, 0.2) is 6.07 Å². The second-order valence-electron chi connectivity index (χ2n) is 6.87. The Morgan fingerprint density at radius 2 is 1.85 bits per heavy atom. The molecule has 1 N–H and O–H groups in total. The molecule has 7 heteroatoms. The molecule has 0 aliphatic carbocycles. The van der Waals surface area contributed by atoms with Crippen molar-refractivity contribution in [2.24, 2.45) is 0 Å². The summed E-state index contributed by atoms with van der Waals surface area (Å²) in [6, 6.07) is 2.16. The molecule has 3 rings (SSSR count). The highest BCUT2D eigenvalue weighted by Gasteiger charge is 2.22. The number of carbonyl (C=O) groups excluding carboxylic acids is 1. The predicted molar refractivity (Wildman–Crippen MR) is 111 cm³/mol. The normalized spacial score (nSPS) is 11.5. The van der Waals surface area contributed by atoms with E-state index >= 15 is 0 Å². The summed E-state index contributed by atoms with van der Waals surface area (Å²) in [6.07, 6.45) is 2.58. The number of nitrogens with zero attached hydrogens (tertiary/aromatic N) is 4. The van der Waals surface area contributed by atoms with Gasteiger partial charge < -0.3 is 5.32 Å². The van der Waals surface area contributed by atoms with Crippen LogP contribution in [0.25, 0.3) is 16.2 Å². The summed E-state index contributed by atoms with van der Waals surface area (Å²) in [6.45, 7) is 12.3. The predicted octanol–water partition coefficient (Wildman–Crippen LogP) is 5.03. The molecular formula is C20H27N5OS. The molecule has 0 saturated carbocycles. The van der Waals surface area contributed by atoms with Crippen LogP contribution in [0.4, 0.5) is 5.13 Å². The first-order chi connectivity index (χ1) is 12.9. The molecular weight excluding hydrogens is 358 g/mol. The summed E-state index contributed by atoms with van der Waals surface area (Å²) in [5, 5.41) is 8.24. The van der Waals surface area contributed by atoms with E-state index in [1.165, 1.54) is 16.9 Å². The van der Waals surface area contributed by atoms with Crippen LogP contribution in [0.2, 0.25) is 0 Å². The van der Waals surface area contributed by atoms with Gasteiger partial charge in [0.15, 0.2) is 10.8 Å². The first-order valence-electron chi connectivity index (χ1n) is 9.54. The molecule has 0 fully saturated rings. The van der Waals surface area contributed by atoms with E-state index in [4.69, 9.17) is 10.1 Å². The van der Waals surface area contributed by atoms with E-state index in [0.717, 1.165) is 46.1 Å². The maximum Gasteiger partial charge on any atom is 0.225 e. The standard InChI is InChI=1S/C20H27N5OS/c1-7-14(8-2)15-10-11(4)24-25-17(12(5)21-19(15)25)18-13(6)22-20(27-18)23-16(26)9-3/h10,14H,7-9H2,1-6H3,(H,22,23,26). The first kappa shape index (κ1) is 19.5. The van der Waals surface area contributed by atoms with Crippen LogP contribution >= 0.6 is 11.3 Å². The second-order valence-corrected chi connectivity index (χ2v) is 7.87. The van der Waals surface area contributed by atoms with Crippen molar-refractivity contribution in [2.45, 2.75) is 66.7 Å². The molecule has 0 aliphatic rings. The Labute approximate surface area is 164 Å². The maximum absolute atomic E-state index is 11.7. The number of imidazole rings is 1. The van der Waals surface area contributed by atoms with Gasteiger partial charge >= 0.3 is 0 Å². The number of hydrogen-bond donors (Lipinski definition) is 1. The average molecular weight is 386 g/mol. The second kappa shape index (κ2) is 7.76. The van der Waals surface area contributed by atoms with Gasteiger partial charge in [-0.25, -0.2) is 14.5 Å². The van der Waals surface area contributed by atoms with E-state index in [0.29, 0.717) is 17.5 Å². The fourth-order valence-corrected chi connectivity index (χ4v) is 4.51. The smallest absolute Gasteiger partial charge is 0.225 e. The van der Waals surface area contributed by atoms with Crippen LogP contribution in [-0.4, -0.2) is 25.5 Å². The van der Waals surface area contributed by atoms with E-state index in [-0.39, 0.29) is 5.91 Å². The lowest BCUT2D eigenvalue weighted by Gasteiger charge is -2.14. The van der Waals surface area contributed by atoms with Gasteiger partial charge in [-0.05, 0) is 45.6 Å². The number of aryl methyl sites for hydroxylation is 3. The van der Waals surface area contributed by atoms with Gasteiger partial charge in [0.1, 0.15) is 5.69 Å². The summed E-state index contributed by atoms with van der Waals surface area (Å²) in [5.41, 5.74) is 5.93. The molecule has 0 bridgehead atoms. The Morgan fingerprint density at radius 3 is 2.48 bits per heavy atom. The highest BCUT2D eigenvalue weighted by atomic mass is 32.1. The van der Waals surface area contributed by atoms with E-state index < -0.39 is 0 Å². The topological polar surface area (TPSA) is 72.2 Å². The van der Waals surface area contributed by atoms with Crippen LogP contribution in [-0.2, 0) is 4.79 Å². The van der Waals surface area contributed by atoms with Crippen molar-refractivity contribution in [1.29, 1.82) is 0 Å². The Morgan fingerprint density at radius 1 is 1.15 bits per heavy atom. The van der Waals surface area contributed by atoms with Gasteiger partial charge in [-0.3, -0.25) is 4.79 Å². The van der Waals surface area contributed by atoms with Crippen LogP contribution in [0.1, 0.15) is 68.6 Å². The molecule has 3 aromatic rings. The fraction of sp³-hybridized carbons (Fsp3) is 0.500. The lowest BCUT2D eigenvalue weighted by Crippen LogP contribution is -2.08. The van der Waals surface area contributed by atoms with Gasteiger partial charge in [0.25, 0.3) is 0 Å². The highest BCUT2D eigenvalue weighted by Crippen LogP contribution is 2.37. The zero-order chi connectivity index (χ0) is 19.7. The number of fused-ring (bicyclic) bond motifs is 1. The zero-order valence-corrected chi connectivity index (χ0v) is 17.7. The summed E-state index contributed by atoms with van der Waals surface area (Å²) in [5.74, 6) is 0.431. The SMILES string of the molecule is CCC(=O)Nc1nc(C)c(-c2c(C)nc3c(C(CC)CC)cc(C)nn23)s1. The summed E-state index contributed by atoms with van der Waals surface area (Å²) >= 11 is 1.48. The van der Waals surface area contributed by atoms with E-state index in [1.807, 2.05) is 32.2 Å². The maximum atomic E-state index is 11.7. The fourth-order valence-electron chi connectivity index (χ4n) is 3.45. The molecule has 0 spiro atoms. The molecule has 1 amide bonds. The minimum absolute atomic E-state index is 0.0323. The van der Waals surface area contributed by atoms with E-state index in [2.05, 4.69) is 30.2 Å². The van der Waals surface area contributed by atoms with Crippen molar-refractivity contribution < 1.29 is 4.79 Å². The number of hydrogen-bond acceptors (Lipinski definition) is 5. The van der Waals surface area contributed by atoms with Gasteiger partial charge in [0.05, 0.1) is 22.0 Å². The van der Waals surface area contributed by atoms with Gasteiger partial charge in [-0.15, -0.1) is 0 Å². The number of thiazole rings is 1. The van der Waals surface area contributed by atoms with Crippen molar-refractivity contribution in [1.82, 2.24) is 19.6 Å².